The lowest BCUT2D eigenvalue weighted by molar-refractivity contribution is 0.299. The van der Waals surface area contributed by atoms with E-state index in [0.717, 1.165) is 16.3 Å². The normalized spacial score (nSPS) is 12.1. The Morgan fingerprint density at radius 2 is 1.83 bits per heavy atom. The van der Waals surface area contributed by atoms with Crippen molar-refractivity contribution in [2.24, 2.45) is 0 Å². The molecule has 0 aliphatic heterocycles. The van der Waals surface area contributed by atoms with Crippen LogP contribution in [0, 0.1) is 13.8 Å². The first-order valence-corrected chi connectivity index (χ1v) is 8.70. The number of thiocarbonyl (C=S) groups is 1. The van der Waals surface area contributed by atoms with Gasteiger partial charge in [-0.05, 0) is 69.0 Å². The van der Waals surface area contributed by atoms with Gasteiger partial charge < -0.3 is 15.5 Å². The van der Waals surface area contributed by atoms with Crippen molar-refractivity contribution in [3.63, 3.8) is 0 Å². The summed E-state index contributed by atoms with van der Waals surface area (Å²) in [5.74, 6) is 0. The summed E-state index contributed by atoms with van der Waals surface area (Å²) in [6.07, 6.45) is 0. The van der Waals surface area contributed by atoms with Crippen molar-refractivity contribution in [1.82, 2.24) is 10.2 Å². The molecule has 0 spiro atoms. The van der Waals surface area contributed by atoms with Crippen LogP contribution >= 0.6 is 23.8 Å². The van der Waals surface area contributed by atoms with E-state index in [4.69, 9.17) is 23.8 Å². The SMILES string of the molecule is Cc1cccc(NC(=S)NC[C@@H](c2ccccc2Cl)N(C)C)c1C. The van der Waals surface area contributed by atoms with E-state index in [0.29, 0.717) is 11.7 Å². The molecule has 3 nitrogen and oxygen atoms in total. The molecule has 2 aromatic carbocycles. The molecule has 2 N–H and O–H groups in total. The summed E-state index contributed by atoms with van der Waals surface area (Å²) in [4.78, 5) is 2.13. The van der Waals surface area contributed by atoms with Gasteiger partial charge in [-0.25, -0.2) is 0 Å². The van der Waals surface area contributed by atoms with Gasteiger partial charge >= 0.3 is 0 Å². The van der Waals surface area contributed by atoms with E-state index < -0.39 is 0 Å². The Morgan fingerprint density at radius 3 is 2.50 bits per heavy atom. The van der Waals surface area contributed by atoms with Crippen LogP contribution in [0.25, 0.3) is 0 Å². The molecule has 128 valence electrons. The molecule has 5 heteroatoms. The van der Waals surface area contributed by atoms with Gasteiger partial charge in [0.2, 0.25) is 0 Å². The smallest absolute Gasteiger partial charge is 0.170 e. The van der Waals surface area contributed by atoms with E-state index in [1.807, 2.05) is 44.4 Å². The number of likely N-dealkylation sites (N-methyl/N-ethyl adjacent to an activating group) is 1. The Bertz CT molecular complexity index is 716. The Kier molecular flexibility index (Phi) is 6.60. The van der Waals surface area contributed by atoms with Gasteiger partial charge in [0.05, 0.1) is 6.04 Å². The predicted octanol–water partition coefficient (Wildman–Crippen LogP) is 4.55. The zero-order valence-corrected chi connectivity index (χ0v) is 16.1. The number of aryl methyl sites for hydroxylation is 1. The minimum atomic E-state index is 0.136. The van der Waals surface area contributed by atoms with E-state index in [9.17, 15) is 0 Å². The number of nitrogens with zero attached hydrogens (tertiary/aromatic N) is 1. The third-order valence-corrected chi connectivity index (χ3v) is 4.79. The second-order valence-electron chi connectivity index (χ2n) is 6.08. The lowest BCUT2D eigenvalue weighted by atomic mass is 10.1. The number of hydrogen-bond donors (Lipinski definition) is 2. The van der Waals surface area contributed by atoms with Crippen molar-refractivity contribution in [2.75, 3.05) is 26.0 Å². The third-order valence-electron chi connectivity index (χ3n) is 4.20. The molecule has 0 saturated carbocycles. The fourth-order valence-corrected chi connectivity index (χ4v) is 3.01. The maximum Gasteiger partial charge on any atom is 0.170 e. The van der Waals surface area contributed by atoms with Crippen molar-refractivity contribution in [2.45, 2.75) is 19.9 Å². The van der Waals surface area contributed by atoms with Crippen LogP contribution < -0.4 is 10.6 Å². The largest absolute Gasteiger partial charge is 0.361 e. The van der Waals surface area contributed by atoms with Gasteiger partial charge in [0, 0.05) is 17.3 Å². The van der Waals surface area contributed by atoms with Crippen LogP contribution in [-0.4, -0.2) is 30.7 Å². The molecular weight excluding hydrogens is 338 g/mol. The number of anilines is 1. The van der Waals surface area contributed by atoms with Crippen molar-refractivity contribution >= 4 is 34.6 Å². The average Bonchev–Trinajstić information content (AvgIpc) is 2.53. The first-order chi connectivity index (χ1) is 11.4. The number of benzene rings is 2. The van der Waals surface area contributed by atoms with Gasteiger partial charge in [-0.3, -0.25) is 0 Å². The van der Waals surface area contributed by atoms with Crippen LogP contribution in [0.15, 0.2) is 42.5 Å². The quantitative estimate of drug-likeness (QED) is 0.764. The maximum absolute atomic E-state index is 6.34. The summed E-state index contributed by atoms with van der Waals surface area (Å²) in [7, 11) is 4.08. The van der Waals surface area contributed by atoms with E-state index >= 15 is 0 Å². The zero-order valence-electron chi connectivity index (χ0n) is 14.6. The molecule has 0 amide bonds. The molecular formula is C19H24ClN3S. The Labute approximate surface area is 155 Å². The Hall–Kier alpha value is -1.62. The molecule has 0 unspecified atom stereocenters. The van der Waals surface area contributed by atoms with Crippen molar-refractivity contribution < 1.29 is 0 Å². The van der Waals surface area contributed by atoms with Crippen LogP contribution in [0.5, 0.6) is 0 Å². The minimum absolute atomic E-state index is 0.136. The van der Waals surface area contributed by atoms with Crippen molar-refractivity contribution in [1.29, 1.82) is 0 Å². The van der Waals surface area contributed by atoms with Gasteiger partial charge in [-0.15, -0.1) is 0 Å². The lowest BCUT2D eigenvalue weighted by Crippen LogP contribution is -2.37. The van der Waals surface area contributed by atoms with E-state index in [1.54, 1.807) is 0 Å². The third kappa shape index (κ3) is 4.69. The standard InChI is InChI=1S/C19H24ClN3S/c1-13-8-7-11-17(14(13)2)22-19(24)21-12-18(23(3)4)15-9-5-6-10-16(15)20/h5-11,18H,12H2,1-4H3,(H2,21,22,24)/t18-/m0/s1. The van der Waals surface area contributed by atoms with Crippen LogP contribution in [0.1, 0.15) is 22.7 Å². The molecule has 0 radical (unpaired) electrons. The zero-order chi connectivity index (χ0) is 17.7. The second kappa shape index (κ2) is 8.47. The predicted molar refractivity (Wildman–Crippen MR) is 108 cm³/mol. The highest BCUT2D eigenvalue weighted by atomic mass is 35.5. The van der Waals surface area contributed by atoms with Gasteiger partial charge in [0.1, 0.15) is 0 Å². The highest BCUT2D eigenvalue weighted by Gasteiger charge is 2.17. The molecule has 0 fully saturated rings. The molecule has 0 aliphatic rings. The summed E-state index contributed by atoms with van der Waals surface area (Å²) in [5, 5.41) is 7.97. The van der Waals surface area contributed by atoms with Gasteiger partial charge in [0.25, 0.3) is 0 Å². The summed E-state index contributed by atoms with van der Waals surface area (Å²) in [6.45, 7) is 4.86. The summed E-state index contributed by atoms with van der Waals surface area (Å²) < 4.78 is 0. The molecule has 24 heavy (non-hydrogen) atoms. The number of nitrogens with one attached hydrogen (secondary N) is 2. The highest BCUT2D eigenvalue weighted by molar-refractivity contribution is 7.80. The topological polar surface area (TPSA) is 27.3 Å². The molecule has 0 aliphatic carbocycles. The molecule has 0 bridgehead atoms. The second-order valence-corrected chi connectivity index (χ2v) is 6.90. The minimum Gasteiger partial charge on any atom is -0.361 e. The monoisotopic (exact) mass is 361 g/mol. The fraction of sp³-hybridized carbons (Fsp3) is 0.316. The van der Waals surface area contributed by atoms with Crippen molar-refractivity contribution in [3.8, 4) is 0 Å². The molecule has 0 saturated heterocycles. The first kappa shape index (κ1) is 18.7. The summed E-state index contributed by atoms with van der Waals surface area (Å²) >= 11 is 11.8. The van der Waals surface area contributed by atoms with Crippen LogP contribution in [-0.2, 0) is 0 Å². The Morgan fingerprint density at radius 1 is 1.12 bits per heavy atom. The van der Waals surface area contributed by atoms with E-state index in [-0.39, 0.29) is 6.04 Å². The first-order valence-electron chi connectivity index (χ1n) is 7.92. The van der Waals surface area contributed by atoms with E-state index in [2.05, 4.69) is 41.5 Å². The van der Waals surface area contributed by atoms with Crippen LogP contribution in [0.3, 0.4) is 0 Å². The molecule has 2 rings (SSSR count). The molecule has 0 heterocycles. The van der Waals surface area contributed by atoms with Crippen LogP contribution in [0.4, 0.5) is 5.69 Å². The summed E-state index contributed by atoms with van der Waals surface area (Å²) in [6, 6.07) is 14.2. The number of halogens is 1. The average molecular weight is 362 g/mol. The highest BCUT2D eigenvalue weighted by Crippen LogP contribution is 2.25. The lowest BCUT2D eigenvalue weighted by Gasteiger charge is -2.26. The van der Waals surface area contributed by atoms with Crippen molar-refractivity contribution in [3.05, 3.63) is 64.2 Å². The molecule has 2 aromatic rings. The van der Waals surface area contributed by atoms with E-state index in [1.165, 1.54) is 11.1 Å². The molecule has 0 aromatic heterocycles. The van der Waals surface area contributed by atoms with Gasteiger partial charge in [-0.2, -0.15) is 0 Å². The fourth-order valence-electron chi connectivity index (χ4n) is 2.56. The number of rotatable bonds is 5. The van der Waals surface area contributed by atoms with Gasteiger partial charge in [-0.1, -0.05) is 41.9 Å². The van der Waals surface area contributed by atoms with Gasteiger partial charge in [0.15, 0.2) is 5.11 Å². The summed E-state index contributed by atoms with van der Waals surface area (Å²) in [5.41, 5.74) is 4.57. The van der Waals surface area contributed by atoms with Crippen LogP contribution in [0.2, 0.25) is 5.02 Å². The Balaban J connectivity index is 2.03. The molecule has 1 atom stereocenters. The number of hydrogen-bond acceptors (Lipinski definition) is 2. The maximum atomic E-state index is 6.34.